The van der Waals surface area contributed by atoms with Crippen molar-refractivity contribution in [3.05, 3.63) is 35.0 Å². The number of hydrogen-bond donors (Lipinski definition) is 1. The van der Waals surface area contributed by atoms with Crippen LogP contribution in [0.25, 0.3) is 10.1 Å². The van der Waals surface area contributed by atoms with Crippen molar-refractivity contribution >= 4 is 27.3 Å². The fraction of sp³-hybridized carbons (Fsp3) is 0.400. The molecule has 3 nitrogen and oxygen atoms in total. The average Bonchev–Trinajstić information content (AvgIpc) is 2.84. The number of rotatable bonds is 1. The zero-order valence-electron chi connectivity index (χ0n) is 11.5. The summed E-state index contributed by atoms with van der Waals surface area (Å²) in [6, 6.07) is 6.90. The fourth-order valence-electron chi connectivity index (χ4n) is 2.60. The maximum atomic E-state index is 13.2. The lowest BCUT2D eigenvalue weighted by molar-refractivity contribution is 0.0608. The van der Waals surface area contributed by atoms with E-state index in [0.717, 1.165) is 16.6 Å². The highest BCUT2D eigenvalue weighted by Crippen LogP contribution is 2.28. The summed E-state index contributed by atoms with van der Waals surface area (Å²) < 4.78 is 14.2. The van der Waals surface area contributed by atoms with Crippen LogP contribution in [0.1, 0.15) is 23.5 Å². The fourth-order valence-corrected chi connectivity index (χ4v) is 3.60. The number of benzene rings is 1. The number of nitrogens with zero attached hydrogens (tertiary/aromatic N) is 1. The molecule has 3 rings (SSSR count). The van der Waals surface area contributed by atoms with Gasteiger partial charge in [0.05, 0.1) is 4.88 Å². The maximum Gasteiger partial charge on any atom is 0.264 e. The van der Waals surface area contributed by atoms with Crippen LogP contribution in [0.3, 0.4) is 0 Å². The van der Waals surface area contributed by atoms with Crippen molar-refractivity contribution in [1.82, 2.24) is 10.2 Å². The molecule has 106 valence electrons. The number of halogens is 1. The second kappa shape index (κ2) is 5.14. The number of amides is 1. The molecule has 1 amide bonds. The molecule has 0 spiro atoms. The van der Waals surface area contributed by atoms with Gasteiger partial charge in [-0.15, -0.1) is 11.3 Å². The van der Waals surface area contributed by atoms with Gasteiger partial charge in [-0.05, 0) is 43.5 Å². The first-order valence-electron chi connectivity index (χ1n) is 6.80. The lowest BCUT2D eigenvalue weighted by Crippen LogP contribution is -2.57. The lowest BCUT2D eigenvalue weighted by atomic mass is 10.1. The van der Waals surface area contributed by atoms with Gasteiger partial charge < -0.3 is 10.2 Å². The van der Waals surface area contributed by atoms with Crippen LogP contribution in [0.5, 0.6) is 0 Å². The van der Waals surface area contributed by atoms with E-state index >= 15 is 0 Å². The average molecular weight is 292 g/mol. The maximum absolute atomic E-state index is 13.2. The minimum absolute atomic E-state index is 0.0486. The third kappa shape index (κ3) is 2.31. The standard InChI is InChI=1S/C15H17FN2OS/c1-9-10(2)18(6-5-17-9)15(19)14-8-11-7-12(16)3-4-13(11)20-14/h3-4,7-10,17H,5-6H2,1-2H3. The summed E-state index contributed by atoms with van der Waals surface area (Å²) in [4.78, 5) is 15.2. The molecule has 1 aliphatic heterocycles. The Morgan fingerprint density at radius 2 is 2.20 bits per heavy atom. The molecular weight excluding hydrogens is 275 g/mol. The van der Waals surface area contributed by atoms with Crippen LogP contribution >= 0.6 is 11.3 Å². The molecule has 20 heavy (non-hydrogen) atoms. The minimum atomic E-state index is -0.265. The van der Waals surface area contributed by atoms with Gasteiger partial charge in [-0.25, -0.2) is 4.39 Å². The van der Waals surface area contributed by atoms with E-state index in [-0.39, 0.29) is 17.8 Å². The number of nitrogens with one attached hydrogen (secondary N) is 1. The van der Waals surface area contributed by atoms with E-state index in [9.17, 15) is 9.18 Å². The SMILES string of the molecule is CC1NCCN(C(=O)c2cc3cc(F)ccc3s2)C1C. The zero-order chi connectivity index (χ0) is 14.3. The van der Waals surface area contributed by atoms with Crippen LogP contribution in [0.4, 0.5) is 4.39 Å². The quantitative estimate of drug-likeness (QED) is 0.876. The van der Waals surface area contributed by atoms with E-state index < -0.39 is 0 Å². The third-order valence-electron chi connectivity index (χ3n) is 3.98. The molecule has 5 heteroatoms. The van der Waals surface area contributed by atoms with Crippen LogP contribution in [-0.4, -0.2) is 36.0 Å². The highest BCUT2D eigenvalue weighted by molar-refractivity contribution is 7.20. The van der Waals surface area contributed by atoms with Crippen LogP contribution in [0, 0.1) is 5.82 Å². The summed E-state index contributed by atoms with van der Waals surface area (Å²) in [6.45, 7) is 5.68. The molecule has 2 atom stereocenters. The van der Waals surface area contributed by atoms with Crippen LogP contribution in [0.15, 0.2) is 24.3 Å². The highest BCUT2D eigenvalue weighted by atomic mass is 32.1. The molecule has 0 bridgehead atoms. The molecular formula is C15H17FN2OS. The Balaban J connectivity index is 1.92. The molecule has 2 heterocycles. The van der Waals surface area contributed by atoms with Gasteiger partial charge in [-0.2, -0.15) is 0 Å². The summed E-state index contributed by atoms with van der Waals surface area (Å²) in [7, 11) is 0. The van der Waals surface area contributed by atoms with Crippen molar-refractivity contribution < 1.29 is 9.18 Å². The van der Waals surface area contributed by atoms with E-state index in [1.165, 1.54) is 23.5 Å². The van der Waals surface area contributed by atoms with E-state index in [1.807, 2.05) is 4.90 Å². The lowest BCUT2D eigenvalue weighted by Gasteiger charge is -2.38. The number of piperazine rings is 1. The smallest absolute Gasteiger partial charge is 0.264 e. The van der Waals surface area contributed by atoms with Gasteiger partial charge in [-0.1, -0.05) is 0 Å². The summed E-state index contributed by atoms with van der Waals surface area (Å²) in [5.41, 5.74) is 0. The zero-order valence-corrected chi connectivity index (χ0v) is 12.3. The Morgan fingerprint density at radius 3 is 3.00 bits per heavy atom. The molecule has 0 radical (unpaired) electrons. The summed E-state index contributed by atoms with van der Waals surface area (Å²) in [5, 5.41) is 4.16. The minimum Gasteiger partial charge on any atom is -0.332 e. The molecule has 1 saturated heterocycles. The van der Waals surface area contributed by atoms with Crippen molar-refractivity contribution in [3.63, 3.8) is 0 Å². The Bertz CT molecular complexity index is 654. The van der Waals surface area contributed by atoms with Gasteiger partial charge in [0.25, 0.3) is 5.91 Å². The van der Waals surface area contributed by atoms with Crippen molar-refractivity contribution in [1.29, 1.82) is 0 Å². The van der Waals surface area contributed by atoms with Gasteiger partial charge >= 0.3 is 0 Å². The van der Waals surface area contributed by atoms with E-state index in [0.29, 0.717) is 17.5 Å². The second-order valence-corrected chi connectivity index (χ2v) is 6.36. The number of hydrogen-bond acceptors (Lipinski definition) is 3. The Labute approximate surface area is 121 Å². The summed E-state index contributed by atoms with van der Waals surface area (Å²) in [5.74, 6) is -0.217. The van der Waals surface area contributed by atoms with Crippen molar-refractivity contribution in [2.45, 2.75) is 25.9 Å². The molecule has 1 aromatic carbocycles. The number of fused-ring (bicyclic) bond motifs is 1. The molecule has 1 fully saturated rings. The normalized spacial score (nSPS) is 23.2. The van der Waals surface area contributed by atoms with Crippen molar-refractivity contribution in [2.75, 3.05) is 13.1 Å². The first-order valence-corrected chi connectivity index (χ1v) is 7.61. The van der Waals surface area contributed by atoms with E-state index in [4.69, 9.17) is 0 Å². The van der Waals surface area contributed by atoms with Crippen LogP contribution in [0.2, 0.25) is 0 Å². The summed E-state index contributed by atoms with van der Waals surface area (Å²) >= 11 is 1.43. The van der Waals surface area contributed by atoms with Gasteiger partial charge in [0.15, 0.2) is 0 Å². The van der Waals surface area contributed by atoms with Gasteiger partial charge in [0.1, 0.15) is 5.82 Å². The molecule has 1 aromatic heterocycles. The Hall–Kier alpha value is -1.46. The Morgan fingerprint density at radius 1 is 1.40 bits per heavy atom. The van der Waals surface area contributed by atoms with Gasteiger partial charge in [0, 0.05) is 29.9 Å². The monoisotopic (exact) mass is 292 g/mol. The molecule has 1 aliphatic rings. The van der Waals surface area contributed by atoms with Gasteiger partial charge in [0.2, 0.25) is 0 Å². The molecule has 1 N–H and O–H groups in total. The highest BCUT2D eigenvalue weighted by Gasteiger charge is 2.29. The topological polar surface area (TPSA) is 32.3 Å². The van der Waals surface area contributed by atoms with Crippen LogP contribution in [-0.2, 0) is 0 Å². The predicted molar refractivity (Wildman–Crippen MR) is 79.7 cm³/mol. The molecule has 2 aromatic rings. The third-order valence-corrected chi connectivity index (χ3v) is 5.09. The van der Waals surface area contributed by atoms with Crippen molar-refractivity contribution in [2.24, 2.45) is 0 Å². The number of carbonyl (C=O) groups is 1. The predicted octanol–water partition coefficient (Wildman–Crippen LogP) is 2.86. The van der Waals surface area contributed by atoms with E-state index in [2.05, 4.69) is 19.2 Å². The first kappa shape index (κ1) is 13.5. The van der Waals surface area contributed by atoms with Crippen molar-refractivity contribution in [3.8, 4) is 0 Å². The number of thiophene rings is 1. The largest absolute Gasteiger partial charge is 0.332 e. The molecule has 0 aliphatic carbocycles. The molecule has 2 unspecified atom stereocenters. The van der Waals surface area contributed by atoms with E-state index in [1.54, 1.807) is 12.1 Å². The first-order chi connectivity index (χ1) is 9.56. The number of carbonyl (C=O) groups excluding carboxylic acids is 1. The second-order valence-electron chi connectivity index (χ2n) is 5.27. The van der Waals surface area contributed by atoms with Gasteiger partial charge in [-0.3, -0.25) is 4.79 Å². The molecule has 0 saturated carbocycles. The summed E-state index contributed by atoms with van der Waals surface area (Å²) in [6.07, 6.45) is 0. The Kier molecular flexibility index (Phi) is 3.48. The van der Waals surface area contributed by atoms with Crippen LogP contribution < -0.4 is 5.32 Å².